The second-order valence-corrected chi connectivity index (χ2v) is 5.09. The molecule has 0 saturated heterocycles. The van der Waals surface area contributed by atoms with E-state index in [0.29, 0.717) is 12.1 Å². The first-order chi connectivity index (χ1) is 8.99. The Morgan fingerprint density at radius 2 is 2.05 bits per heavy atom. The highest BCUT2D eigenvalue weighted by Crippen LogP contribution is 2.20. The van der Waals surface area contributed by atoms with E-state index in [1.165, 1.54) is 11.0 Å². The summed E-state index contributed by atoms with van der Waals surface area (Å²) in [6.07, 6.45) is 2.51. The monoisotopic (exact) mass is 282 g/mol. The number of anilines is 1. The molecule has 0 saturated carbocycles. The number of nitrogens with zero attached hydrogens (tertiary/aromatic N) is 1. The molecule has 5 nitrogen and oxygen atoms in total. The van der Waals surface area contributed by atoms with E-state index in [4.69, 9.17) is 10.8 Å². The van der Waals surface area contributed by atoms with E-state index in [1.54, 1.807) is 37.0 Å². The zero-order valence-corrected chi connectivity index (χ0v) is 11.8. The van der Waals surface area contributed by atoms with E-state index in [-0.39, 0.29) is 11.5 Å². The molecule has 1 rings (SSSR count). The Hall–Kier alpha value is -1.53. The first kappa shape index (κ1) is 15.5. The van der Waals surface area contributed by atoms with Gasteiger partial charge in [-0.3, -0.25) is 4.79 Å². The number of aromatic carboxylic acids is 1. The number of likely N-dealkylation sites (N-methyl/N-ethyl adjacent to an activating group) is 1. The molecule has 0 unspecified atom stereocenters. The molecule has 0 fully saturated rings. The molecule has 0 aliphatic heterocycles. The van der Waals surface area contributed by atoms with Gasteiger partial charge in [0, 0.05) is 7.05 Å². The number of hydrogen-bond acceptors (Lipinski definition) is 4. The zero-order chi connectivity index (χ0) is 14.4. The molecule has 0 bridgehead atoms. The summed E-state index contributed by atoms with van der Waals surface area (Å²) in [7, 11) is 1.54. The van der Waals surface area contributed by atoms with Crippen LogP contribution in [0.15, 0.2) is 24.3 Å². The predicted molar refractivity (Wildman–Crippen MR) is 77.8 cm³/mol. The molecule has 1 aromatic rings. The number of rotatable bonds is 6. The standard InChI is InChI=1S/C13H18N2O3S/c1-15(12(16)10(14)7-8-19-2)11-6-4-3-5-9(11)13(17)18/h3-6,10H,7-8,14H2,1-2H3,(H,17,18)/t10-/m1/s1. The number of nitrogens with two attached hydrogens (primary N) is 1. The third kappa shape index (κ3) is 3.97. The molecule has 0 aromatic heterocycles. The summed E-state index contributed by atoms with van der Waals surface area (Å²) in [6, 6.07) is 5.77. The van der Waals surface area contributed by atoms with Gasteiger partial charge in [0.05, 0.1) is 17.3 Å². The van der Waals surface area contributed by atoms with E-state index in [0.717, 1.165) is 5.75 Å². The summed E-state index contributed by atoms with van der Waals surface area (Å²) in [4.78, 5) is 24.6. The van der Waals surface area contributed by atoms with Gasteiger partial charge in [-0.15, -0.1) is 0 Å². The van der Waals surface area contributed by atoms with Crippen molar-refractivity contribution >= 4 is 29.3 Å². The molecule has 0 spiro atoms. The number of carboxylic acid groups (broad SMARTS) is 1. The number of para-hydroxylation sites is 1. The number of carbonyl (C=O) groups is 2. The van der Waals surface area contributed by atoms with Gasteiger partial charge in [-0.25, -0.2) is 4.79 Å². The summed E-state index contributed by atoms with van der Waals surface area (Å²) >= 11 is 1.62. The van der Waals surface area contributed by atoms with Gasteiger partial charge in [-0.1, -0.05) is 12.1 Å². The van der Waals surface area contributed by atoms with Gasteiger partial charge in [-0.2, -0.15) is 11.8 Å². The van der Waals surface area contributed by atoms with E-state index in [1.807, 2.05) is 6.26 Å². The van der Waals surface area contributed by atoms with Crippen LogP contribution in [0.1, 0.15) is 16.8 Å². The van der Waals surface area contributed by atoms with Crippen LogP contribution >= 0.6 is 11.8 Å². The van der Waals surface area contributed by atoms with Gasteiger partial charge in [0.15, 0.2) is 0 Å². The van der Waals surface area contributed by atoms with Crippen LogP contribution in [0.25, 0.3) is 0 Å². The summed E-state index contributed by atoms with van der Waals surface area (Å²) in [5.41, 5.74) is 6.27. The molecule has 3 N–H and O–H groups in total. The number of amides is 1. The van der Waals surface area contributed by atoms with Crippen molar-refractivity contribution in [2.24, 2.45) is 5.73 Å². The van der Waals surface area contributed by atoms with Crippen LogP contribution in [0.5, 0.6) is 0 Å². The van der Waals surface area contributed by atoms with Gasteiger partial charge in [0.2, 0.25) is 5.91 Å². The molecule has 1 aromatic carbocycles. The fourth-order valence-electron chi connectivity index (χ4n) is 1.68. The molecule has 1 atom stereocenters. The normalized spacial score (nSPS) is 11.9. The Morgan fingerprint density at radius 1 is 1.42 bits per heavy atom. The van der Waals surface area contributed by atoms with E-state index in [9.17, 15) is 9.59 Å². The van der Waals surface area contributed by atoms with Gasteiger partial charge >= 0.3 is 5.97 Å². The minimum absolute atomic E-state index is 0.0930. The lowest BCUT2D eigenvalue weighted by molar-refractivity contribution is -0.119. The summed E-state index contributed by atoms with van der Waals surface area (Å²) in [5, 5.41) is 9.10. The summed E-state index contributed by atoms with van der Waals surface area (Å²) in [5.74, 6) is -0.544. The lowest BCUT2D eigenvalue weighted by Gasteiger charge is -2.22. The maximum Gasteiger partial charge on any atom is 0.337 e. The minimum atomic E-state index is -1.06. The Bertz CT molecular complexity index is 465. The highest BCUT2D eigenvalue weighted by atomic mass is 32.2. The van der Waals surface area contributed by atoms with Crippen LogP contribution in [0.4, 0.5) is 5.69 Å². The second kappa shape index (κ2) is 7.16. The first-order valence-electron chi connectivity index (χ1n) is 5.83. The van der Waals surface area contributed by atoms with Crippen LogP contribution in [-0.4, -0.2) is 42.1 Å². The molecule has 1 amide bonds. The maximum atomic E-state index is 12.1. The molecule has 0 radical (unpaired) electrons. The Balaban J connectivity index is 2.91. The van der Waals surface area contributed by atoms with Crippen molar-refractivity contribution in [3.05, 3.63) is 29.8 Å². The van der Waals surface area contributed by atoms with E-state index >= 15 is 0 Å². The quantitative estimate of drug-likeness (QED) is 0.824. The minimum Gasteiger partial charge on any atom is -0.478 e. The molecular formula is C13H18N2O3S. The largest absolute Gasteiger partial charge is 0.478 e. The topological polar surface area (TPSA) is 83.6 Å². The van der Waals surface area contributed by atoms with Crippen LogP contribution in [0.3, 0.4) is 0 Å². The molecule has 0 aliphatic rings. The summed E-state index contributed by atoms with van der Waals surface area (Å²) in [6.45, 7) is 0. The molecule has 0 heterocycles. The molecule has 104 valence electrons. The van der Waals surface area contributed by atoms with Crippen molar-refractivity contribution < 1.29 is 14.7 Å². The van der Waals surface area contributed by atoms with E-state index in [2.05, 4.69) is 0 Å². The Labute approximate surface area is 116 Å². The molecule has 19 heavy (non-hydrogen) atoms. The second-order valence-electron chi connectivity index (χ2n) is 4.11. The SMILES string of the molecule is CSCC[C@@H](N)C(=O)N(C)c1ccccc1C(=O)O. The van der Waals surface area contributed by atoms with Gasteiger partial charge in [-0.05, 0) is 30.6 Å². The van der Waals surface area contributed by atoms with E-state index < -0.39 is 12.0 Å². The average molecular weight is 282 g/mol. The molecule has 6 heteroatoms. The fraction of sp³-hybridized carbons (Fsp3) is 0.385. The number of carboxylic acids is 1. The Kier molecular flexibility index (Phi) is 5.85. The number of carbonyl (C=O) groups excluding carboxylic acids is 1. The number of hydrogen-bond donors (Lipinski definition) is 2. The van der Waals surface area contributed by atoms with Crippen molar-refractivity contribution in [3.8, 4) is 0 Å². The van der Waals surface area contributed by atoms with Crippen molar-refractivity contribution in [1.82, 2.24) is 0 Å². The van der Waals surface area contributed by atoms with Crippen LogP contribution in [0.2, 0.25) is 0 Å². The third-order valence-corrected chi connectivity index (χ3v) is 3.42. The highest BCUT2D eigenvalue weighted by Gasteiger charge is 2.22. The number of thioether (sulfide) groups is 1. The smallest absolute Gasteiger partial charge is 0.337 e. The number of benzene rings is 1. The molecular weight excluding hydrogens is 264 g/mol. The highest BCUT2D eigenvalue weighted by molar-refractivity contribution is 7.98. The zero-order valence-electron chi connectivity index (χ0n) is 11.0. The average Bonchev–Trinajstić information content (AvgIpc) is 2.42. The lowest BCUT2D eigenvalue weighted by atomic mass is 10.1. The van der Waals surface area contributed by atoms with Crippen LogP contribution < -0.4 is 10.6 Å². The van der Waals surface area contributed by atoms with Crippen molar-refractivity contribution in [2.75, 3.05) is 24.0 Å². The van der Waals surface area contributed by atoms with Gasteiger partial charge in [0.25, 0.3) is 0 Å². The van der Waals surface area contributed by atoms with Crippen molar-refractivity contribution in [2.45, 2.75) is 12.5 Å². The Morgan fingerprint density at radius 3 is 2.63 bits per heavy atom. The van der Waals surface area contributed by atoms with Gasteiger partial charge in [0.1, 0.15) is 0 Å². The third-order valence-electron chi connectivity index (χ3n) is 2.78. The summed E-state index contributed by atoms with van der Waals surface area (Å²) < 4.78 is 0. The van der Waals surface area contributed by atoms with Crippen LogP contribution in [0, 0.1) is 0 Å². The maximum absolute atomic E-state index is 12.1. The first-order valence-corrected chi connectivity index (χ1v) is 7.22. The lowest BCUT2D eigenvalue weighted by Crippen LogP contribution is -2.42. The molecule has 0 aliphatic carbocycles. The van der Waals surface area contributed by atoms with Crippen LogP contribution in [-0.2, 0) is 4.79 Å². The van der Waals surface area contributed by atoms with Crippen molar-refractivity contribution in [1.29, 1.82) is 0 Å². The van der Waals surface area contributed by atoms with Gasteiger partial charge < -0.3 is 15.7 Å². The predicted octanol–water partition coefficient (Wildman–Crippen LogP) is 1.43. The van der Waals surface area contributed by atoms with Crippen molar-refractivity contribution in [3.63, 3.8) is 0 Å². The fourth-order valence-corrected chi connectivity index (χ4v) is 2.17.